The lowest BCUT2D eigenvalue weighted by molar-refractivity contribution is 0.0534. The number of carbonyl (C=O) groups is 1. The molecule has 0 unspecified atom stereocenters. The quantitative estimate of drug-likeness (QED) is 0.825. The first kappa shape index (κ1) is 17.2. The highest BCUT2D eigenvalue weighted by Gasteiger charge is 2.15. The van der Waals surface area contributed by atoms with Crippen LogP contribution in [0.4, 0.5) is 4.79 Å². The normalized spacial score (nSPS) is 11.7. The maximum absolute atomic E-state index is 11.4. The van der Waals surface area contributed by atoms with Crippen LogP contribution in [-0.2, 0) is 4.74 Å². The van der Waals surface area contributed by atoms with E-state index in [4.69, 9.17) is 39.5 Å². The fraction of sp³-hybridized carbons (Fsp3) is 0.357. The van der Waals surface area contributed by atoms with E-state index in [1.165, 1.54) is 0 Å². The summed E-state index contributed by atoms with van der Waals surface area (Å²) in [5, 5.41) is 3.98. The van der Waals surface area contributed by atoms with Gasteiger partial charge in [-0.3, -0.25) is 0 Å². The van der Waals surface area contributed by atoms with E-state index in [0.717, 1.165) is 0 Å². The Balaban J connectivity index is 2.56. The van der Waals surface area contributed by atoms with Crippen molar-refractivity contribution in [2.75, 3.05) is 6.54 Å². The van der Waals surface area contributed by atoms with Gasteiger partial charge in [-0.25, -0.2) is 4.79 Å². The standard InChI is InChI=1S/C14H16Cl3NO2/c1-14(2,3)20-13(19)18-6-4-5-10-11(16)7-9(15)8-12(10)17/h4-5,7-8H,6H2,1-3H3,(H,18,19). The van der Waals surface area contributed by atoms with Gasteiger partial charge in [0.05, 0.1) is 10.0 Å². The Bertz CT molecular complexity index is 499. The number of ether oxygens (including phenoxy) is 1. The van der Waals surface area contributed by atoms with Crippen LogP contribution < -0.4 is 5.32 Å². The van der Waals surface area contributed by atoms with E-state index in [0.29, 0.717) is 27.2 Å². The van der Waals surface area contributed by atoms with Crippen molar-refractivity contribution in [2.45, 2.75) is 26.4 Å². The molecule has 0 spiro atoms. The van der Waals surface area contributed by atoms with Crippen molar-refractivity contribution in [2.24, 2.45) is 0 Å². The Kier molecular flexibility index (Phi) is 6.18. The molecule has 0 radical (unpaired) electrons. The van der Waals surface area contributed by atoms with Crippen molar-refractivity contribution in [3.8, 4) is 0 Å². The summed E-state index contributed by atoms with van der Waals surface area (Å²) in [7, 11) is 0. The van der Waals surface area contributed by atoms with Crippen LogP contribution in [0.1, 0.15) is 26.3 Å². The van der Waals surface area contributed by atoms with Gasteiger partial charge >= 0.3 is 6.09 Å². The summed E-state index contributed by atoms with van der Waals surface area (Å²) in [5.74, 6) is 0. The summed E-state index contributed by atoms with van der Waals surface area (Å²) in [5.41, 5.74) is 0.139. The second kappa shape index (κ2) is 7.21. The van der Waals surface area contributed by atoms with Gasteiger partial charge in [0.25, 0.3) is 0 Å². The third-order valence-corrected chi connectivity index (χ3v) is 2.94. The average Bonchev–Trinajstić information content (AvgIpc) is 2.23. The van der Waals surface area contributed by atoms with E-state index < -0.39 is 11.7 Å². The second-order valence-corrected chi connectivity index (χ2v) is 6.32. The number of benzene rings is 1. The van der Waals surface area contributed by atoms with Crippen LogP contribution in [0.5, 0.6) is 0 Å². The van der Waals surface area contributed by atoms with Crippen LogP contribution in [0.25, 0.3) is 6.08 Å². The Labute approximate surface area is 133 Å². The van der Waals surface area contributed by atoms with E-state index >= 15 is 0 Å². The number of rotatable bonds is 3. The molecule has 0 bridgehead atoms. The van der Waals surface area contributed by atoms with Gasteiger partial charge in [0.2, 0.25) is 0 Å². The van der Waals surface area contributed by atoms with Gasteiger partial charge in [-0.15, -0.1) is 0 Å². The Morgan fingerprint density at radius 1 is 1.25 bits per heavy atom. The van der Waals surface area contributed by atoms with Crippen molar-refractivity contribution < 1.29 is 9.53 Å². The molecule has 0 saturated carbocycles. The third-order valence-electron chi connectivity index (χ3n) is 2.09. The van der Waals surface area contributed by atoms with Gasteiger partial charge < -0.3 is 10.1 Å². The predicted molar refractivity (Wildman–Crippen MR) is 84.7 cm³/mol. The summed E-state index contributed by atoms with van der Waals surface area (Å²) in [6.07, 6.45) is 2.97. The van der Waals surface area contributed by atoms with Gasteiger partial charge in [-0.2, -0.15) is 0 Å². The number of alkyl carbamates (subject to hydrolysis) is 1. The summed E-state index contributed by atoms with van der Waals surface area (Å²) in [6.45, 7) is 5.71. The fourth-order valence-electron chi connectivity index (χ4n) is 1.35. The van der Waals surface area contributed by atoms with E-state index in [1.807, 2.05) is 0 Å². The third kappa shape index (κ3) is 6.04. The monoisotopic (exact) mass is 335 g/mol. The molecular formula is C14H16Cl3NO2. The smallest absolute Gasteiger partial charge is 0.407 e. The largest absolute Gasteiger partial charge is 0.444 e. The summed E-state index contributed by atoms with van der Waals surface area (Å²) < 4.78 is 5.10. The molecule has 0 heterocycles. The lowest BCUT2D eigenvalue weighted by Gasteiger charge is -2.19. The first-order valence-electron chi connectivity index (χ1n) is 5.97. The van der Waals surface area contributed by atoms with E-state index in [2.05, 4.69) is 5.32 Å². The van der Waals surface area contributed by atoms with Crippen LogP contribution in [0.3, 0.4) is 0 Å². The number of hydrogen-bond donors (Lipinski definition) is 1. The van der Waals surface area contributed by atoms with E-state index in [9.17, 15) is 4.79 Å². The number of amides is 1. The maximum atomic E-state index is 11.4. The van der Waals surface area contributed by atoms with Crippen molar-refractivity contribution in [3.05, 3.63) is 38.8 Å². The van der Waals surface area contributed by atoms with Crippen molar-refractivity contribution >= 4 is 47.0 Å². The molecule has 0 atom stereocenters. The molecule has 20 heavy (non-hydrogen) atoms. The Morgan fingerprint density at radius 3 is 2.30 bits per heavy atom. The van der Waals surface area contributed by atoms with Crippen molar-refractivity contribution in [1.82, 2.24) is 5.32 Å². The molecule has 1 aromatic carbocycles. The maximum Gasteiger partial charge on any atom is 0.407 e. The van der Waals surface area contributed by atoms with Crippen molar-refractivity contribution in [1.29, 1.82) is 0 Å². The molecule has 0 aliphatic rings. The van der Waals surface area contributed by atoms with Gasteiger partial charge in [0, 0.05) is 17.1 Å². The topological polar surface area (TPSA) is 38.3 Å². The van der Waals surface area contributed by atoms with Gasteiger partial charge in [-0.1, -0.05) is 47.0 Å². The van der Waals surface area contributed by atoms with Crippen LogP contribution in [0, 0.1) is 0 Å². The van der Waals surface area contributed by atoms with Gasteiger partial charge in [-0.05, 0) is 32.9 Å². The average molecular weight is 337 g/mol. The zero-order valence-electron chi connectivity index (χ0n) is 11.5. The molecule has 0 aliphatic heterocycles. The molecule has 1 amide bonds. The van der Waals surface area contributed by atoms with E-state index in [1.54, 1.807) is 45.1 Å². The molecule has 1 N–H and O–H groups in total. The molecule has 6 heteroatoms. The first-order chi connectivity index (χ1) is 9.19. The fourth-order valence-corrected chi connectivity index (χ4v) is 2.29. The lowest BCUT2D eigenvalue weighted by atomic mass is 10.2. The zero-order chi connectivity index (χ0) is 15.3. The molecule has 110 valence electrons. The molecule has 1 aromatic rings. The van der Waals surface area contributed by atoms with E-state index in [-0.39, 0.29) is 0 Å². The molecule has 0 saturated heterocycles. The zero-order valence-corrected chi connectivity index (χ0v) is 13.7. The SMILES string of the molecule is CC(C)(C)OC(=O)NCC=Cc1c(Cl)cc(Cl)cc1Cl. The molecular weight excluding hydrogens is 321 g/mol. The van der Waals surface area contributed by atoms with Crippen LogP contribution in [-0.4, -0.2) is 18.2 Å². The summed E-state index contributed by atoms with van der Waals surface area (Å²) >= 11 is 17.9. The molecule has 1 rings (SSSR count). The Hall–Kier alpha value is -0.900. The minimum atomic E-state index is -0.517. The molecule has 3 nitrogen and oxygen atoms in total. The van der Waals surface area contributed by atoms with Crippen LogP contribution in [0.15, 0.2) is 18.2 Å². The summed E-state index contributed by atoms with van der Waals surface area (Å²) in [6, 6.07) is 3.21. The van der Waals surface area contributed by atoms with Gasteiger partial charge in [0.15, 0.2) is 0 Å². The second-order valence-electron chi connectivity index (χ2n) is 5.07. The molecule has 0 aliphatic carbocycles. The minimum Gasteiger partial charge on any atom is -0.444 e. The lowest BCUT2D eigenvalue weighted by Crippen LogP contribution is -2.32. The number of hydrogen-bond acceptors (Lipinski definition) is 2. The van der Waals surface area contributed by atoms with Crippen LogP contribution >= 0.6 is 34.8 Å². The number of carbonyl (C=O) groups excluding carboxylic acids is 1. The van der Waals surface area contributed by atoms with Crippen molar-refractivity contribution in [3.63, 3.8) is 0 Å². The highest BCUT2D eigenvalue weighted by Crippen LogP contribution is 2.29. The van der Waals surface area contributed by atoms with Gasteiger partial charge in [0.1, 0.15) is 5.60 Å². The first-order valence-corrected chi connectivity index (χ1v) is 7.10. The summed E-state index contributed by atoms with van der Waals surface area (Å²) in [4.78, 5) is 11.4. The molecule has 0 fully saturated rings. The Morgan fingerprint density at radius 2 is 1.80 bits per heavy atom. The highest BCUT2D eigenvalue weighted by atomic mass is 35.5. The number of nitrogens with one attached hydrogen (secondary N) is 1. The predicted octanol–water partition coefficient (Wildman–Crippen LogP) is 5.18. The number of halogens is 3. The molecule has 0 aromatic heterocycles. The minimum absolute atomic E-state index is 0.310. The highest BCUT2D eigenvalue weighted by molar-refractivity contribution is 6.40. The van der Waals surface area contributed by atoms with Crippen LogP contribution in [0.2, 0.25) is 15.1 Å².